The third kappa shape index (κ3) is 5.11. The number of sulfonamides is 1. The van der Waals surface area contributed by atoms with Crippen molar-refractivity contribution in [2.45, 2.75) is 49.1 Å². The fraction of sp³-hybridized carbons (Fsp3) is 0.421. The van der Waals surface area contributed by atoms with Gasteiger partial charge in [-0.1, -0.05) is 12.8 Å². The molecule has 0 unspecified atom stereocenters. The molecule has 3 rings (SSSR count). The lowest BCUT2D eigenvalue weighted by molar-refractivity contribution is -0.122. The molecule has 0 saturated heterocycles. The maximum absolute atomic E-state index is 12.7. The molecule has 0 aliphatic heterocycles. The molecule has 7 nitrogen and oxygen atoms in total. The summed E-state index contributed by atoms with van der Waals surface area (Å²) in [6.07, 6.45) is 5.58. The monoisotopic (exact) mass is 392 g/mol. The number of amides is 1. The molecule has 1 amide bonds. The second-order valence-electron chi connectivity index (χ2n) is 6.62. The summed E-state index contributed by atoms with van der Waals surface area (Å²) in [6.45, 7) is 0. The van der Waals surface area contributed by atoms with Crippen molar-refractivity contribution in [2.24, 2.45) is 0 Å². The lowest BCUT2D eigenvalue weighted by atomic mass is 10.1. The zero-order chi connectivity index (χ0) is 19.3. The molecule has 1 atom stereocenters. The highest BCUT2D eigenvalue weighted by atomic mass is 32.2. The average molecular weight is 392 g/mol. The SMILES string of the molecule is COc1ccc(S(=O)(=O)N[C@@H](CC(=O)NC2CCCC2)c2ccco2)cc1. The first kappa shape index (κ1) is 19.4. The molecule has 146 valence electrons. The number of ether oxygens (including phenoxy) is 1. The number of furan rings is 1. The summed E-state index contributed by atoms with van der Waals surface area (Å²) in [4.78, 5) is 12.5. The van der Waals surface area contributed by atoms with E-state index in [1.165, 1.54) is 25.5 Å². The van der Waals surface area contributed by atoms with E-state index in [-0.39, 0.29) is 23.3 Å². The van der Waals surface area contributed by atoms with Crippen LogP contribution in [-0.2, 0) is 14.8 Å². The minimum absolute atomic E-state index is 0.0284. The van der Waals surface area contributed by atoms with Crippen molar-refractivity contribution in [3.63, 3.8) is 0 Å². The lowest BCUT2D eigenvalue weighted by Crippen LogP contribution is -2.37. The Labute approximate surface area is 159 Å². The number of hydrogen-bond acceptors (Lipinski definition) is 5. The van der Waals surface area contributed by atoms with Crippen LogP contribution in [0.2, 0.25) is 0 Å². The Morgan fingerprint density at radius 3 is 2.52 bits per heavy atom. The van der Waals surface area contributed by atoms with Gasteiger partial charge in [0.1, 0.15) is 11.5 Å². The number of methoxy groups -OCH3 is 1. The van der Waals surface area contributed by atoms with Gasteiger partial charge < -0.3 is 14.5 Å². The molecule has 1 fully saturated rings. The molecule has 1 aromatic heterocycles. The van der Waals surface area contributed by atoms with Crippen LogP contribution in [0.15, 0.2) is 52.0 Å². The lowest BCUT2D eigenvalue weighted by Gasteiger charge is -2.18. The quantitative estimate of drug-likeness (QED) is 0.720. The molecule has 2 N–H and O–H groups in total. The Hall–Kier alpha value is -2.32. The Morgan fingerprint density at radius 2 is 1.93 bits per heavy atom. The predicted molar refractivity (Wildman–Crippen MR) is 99.8 cm³/mol. The first-order chi connectivity index (χ1) is 13.0. The minimum atomic E-state index is -3.83. The van der Waals surface area contributed by atoms with E-state index in [1.54, 1.807) is 24.3 Å². The topological polar surface area (TPSA) is 97.6 Å². The minimum Gasteiger partial charge on any atom is -0.497 e. The van der Waals surface area contributed by atoms with E-state index in [0.29, 0.717) is 11.5 Å². The molecule has 1 heterocycles. The van der Waals surface area contributed by atoms with Crippen LogP contribution in [0.25, 0.3) is 0 Å². The predicted octanol–water partition coefficient (Wildman–Crippen LogP) is 2.76. The van der Waals surface area contributed by atoms with Gasteiger partial charge in [0.25, 0.3) is 0 Å². The molecule has 8 heteroatoms. The van der Waals surface area contributed by atoms with E-state index in [0.717, 1.165) is 25.7 Å². The summed E-state index contributed by atoms with van der Waals surface area (Å²) in [5, 5.41) is 2.98. The van der Waals surface area contributed by atoms with Crippen molar-refractivity contribution >= 4 is 15.9 Å². The standard InChI is InChI=1S/C19H24N2O5S/c1-25-15-8-10-16(11-9-15)27(23,24)21-17(18-7-4-12-26-18)13-19(22)20-14-5-2-3-6-14/h4,7-12,14,17,21H,2-3,5-6,13H2,1H3,(H,20,22)/t17-/m0/s1. The van der Waals surface area contributed by atoms with Gasteiger partial charge in [-0.05, 0) is 49.2 Å². The van der Waals surface area contributed by atoms with Gasteiger partial charge in [0, 0.05) is 6.04 Å². The van der Waals surface area contributed by atoms with E-state index < -0.39 is 16.1 Å². The van der Waals surface area contributed by atoms with Crippen LogP contribution < -0.4 is 14.8 Å². The summed E-state index contributed by atoms with van der Waals surface area (Å²) in [7, 11) is -2.32. The Balaban J connectivity index is 1.73. The molecule has 1 aliphatic rings. The first-order valence-electron chi connectivity index (χ1n) is 8.97. The Kier molecular flexibility index (Phi) is 6.18. The van der Waals surface area contributed by atoms with E-state index >= 15 is 0 Å². The zero-order valence-corrected chi connectivity index (χ0v) is 16.0. The maximum atomic E-state index is 12.7. The average Bonchev–Trinajstić information content (AvgIpc) is 3.35. The smallest absolute Gasteiger partial charge is 0.241 e. The molecule has 1 aliphatic carbocycles. The number of nitrogens with one attached hydrogen (secondary N) is 2. The van der Waals surface area contributed by atoms with Crippen LogP contribution in [-0.4, -0.2) is 27.5 Å². The molecule has 1 aromatic carbocycles. The van der Waals surface area contributed by atoms with Crippen molar-refractivity contribution in [3.8, 4) is 5.75 Å². The van der Waals surface area contributed by atoms with Crippen molar-refractivity contribution < 1.29 is 22.4 Å². The van der Waals surface area contributed by atoms with E-state index in [1.807, 2.05) is 0 Å². The molecular weight excluding hydrogens is 368 g/mol. The van der Waals surface area contributed by atoms with Gasteiger partial charge in [-0.2, -0.15) is 4.72 Å². The highest BCUT2D eigenvalue weighted by Crippen LogP contribution is 2.23. The van der Waals surface area contributed by atoms with Crippen LogP contribution in [0.4, 0.5) is 0 Å². The number of benzene rings is 1. The molecule has 1 saturated carbocycles. The number of carbonyl (C=O) groups excluding carboxylic acids is 1. The van der Waals surface area contributed by atoms with Gasteiger partial charge in [-0.15, -0.1) is 0 Å². The van der Waals surface area contributed by atoms with Gasteiger partial charge in [-0.25, -0.2) is 8.42 Å². The first-order valence-corrected chi connectivity index (χ1v) is 10.5. The van der Waals surface area contributed by atoms with E-state index in [2.05, 4.69) is 10.0 Å². The third-order valence-electron chi connectivity index (χ3n) is 4.66. The number of rotatable bonds is 8. The van der Waals surface area contributed by atoms with Crippen molar-refractivity contribution in [1.82, 2.24) is 10.0 Å². The second kappa shape index (κ2) is 8.58. The van der Waals surface area contributed by atoms with Gasteiger partial charge in [0.15, 0.2) is 0 Å². The van der Waals surface area contributed by atoms with Crippen LogP contribution in [0.3, 0.4) is 0 Å². The fourth-order valence-corrected chi connectivity index (χ4v) is 4.45. The number of hydrogen-bond donors (Lipinski definition) is 2. The summed E-state index contributed by atoms with van der Waals surface area (Å²) in [5.41, 5.74) is 0. The Bertz CT molecular complexity index is 841. The molecule has 0 bridgehead atoms. The van der Waals surface area contributed by atoms with Crippen LogP contribution in [0.5, 0.6) is 5.75 Å². The molecule has 0 spiro atoms. The van der Waals surface area contributed by atoms with Crippen LogP contribution >= 0.6 is 0 Å². The van der Waals surface area contributed by atoms with Gasteiger partial charge >= 0.3 is 0 Å². The normalized spacial score (nSPS) is 16.2. The zero-order valence-electron chi connectivity index (χ0n) is 15.2. The summed E-state index contributed by atoms with van der Waals surface area (Å²) in [5.74, 6) is 0.766. The highest BCUT2D eigenvalue weighted by Gasteiger charge is 2.27. The fourth-order valence-electron chi connectivity index (χ4n) is 3.24. The summed E-state index contributed by atoms with van der Waals surface area (Å²) >= 11 is 0. The molecule has 2 aromatic rings. The summed E-state index contributed by atoms with van der Waals surface area (Å²) < 4.78 is 38.5. The Morgan fingerprint density at radius 1 is 1.22 bits per heavy atom. The van der Waals surface area contributed by atoms with E-state index in [4.69, 9.17) is 9.15 Å². The maximum Gasteiger partial charge on any atom is 0.241 e. The molecule has 27 heavy (non-hydrogen) atoms. The number of carbonyl (C=O) groups is 1. The van der Waals surface area contributed by atoms with Crippen LogP contribution in [0.1, 0.15) is 43.9 Å². The van der Waals surface area contributed by atoms with Crippen molar-refractivity contribution in [2.75, 3.05) is 7.11 Å². The second-order valence-corrected chi connectivity index (χ2v) is 8.33. The largest absolute Gasteiger partial charge is 0.497 e. The van der Waals surface area contributed by atoms with Gasteiger partial charge in [-0.3, -0.25) is 4.79 Å². The van der Waals surface area contributed by atoms with Crippen molar-refractivity contribution in [1.29, 1.82) is 0 Å². The van der Waals surface area contributed by atoms with E-state index in [9.17, 15) is 13.2 Å². The molecular formula is C19H24N2O5S. The summed E-state index contributed by atoms with van der Waals surface area (Å²) in [6, 6.07) is 8.77. The van der Waals surface area contributed by atoms with Gasteiger partial charge in [0.05, 0.1) is 30.7 Å². The van der Waals surface area contributed by atoms with Crippen molar-refractivity contribution in [3.05, 3.63) is 48.4 Å². The third-order valence-corrected chi connectivity index (χ3v) is 6.15. The molecule has 0 radical (unpaired) electrons. The van der Waals surface area contributed by atoms with Gasteiger partial charge in [0.2, 0.25) is 15.9 Å². The van der Waals surface area contributed by atoms with Crippen LogP contribution in [0, 0.1) is 0 Å². The highest BCUT2D eigenvalue weighted by molar-refractivity contribution is 7.89.